The number of carbonyl (C=O) groups is 2. The molecule has 0 heterocycles. The first kappa shape index (κ1) is 20.9. The number of carboxylic acids is 2. The van der Waals surface area contributed by atoms with Gasteiger partial charge in [-0.05, 0) is 12.8 Å². The molecule has 86 valence electrons. The Morgan fingerprint density at radius 1 is 1.00 bits per heavy atom. The summed E-state index contributed by atoms with van der Waals surface area (Å²) < 4.78 is 0. The second-order valence-corrected chi connectivity index (χ2v) is 4.64. The van der Waals surface area contributed by atoms with E-state index in [1.807, 2.05) is 13.8 Å². The number of hydrogen-bond donors (Lipinski definition) is 2. The van der Waals surface area contributed by atoms with Crippen LogP contribution in [0, 0.1) is 0 Å². The minimum absolute atomic E-state index is 0. The Bertz CT molecular complexity index is 169. The van der Waals surface area contributed by atoms with E-state index < -0.39 is 11.9 Å². The fourth-order valence-electron chi connectivity index (χ4n) is 0.349. The van der Waals surface area contributed by atoms with Gasteiger partial charge < -0.3 is 10.2 Å². The maximum Gasteiger partial charge on any atom is 0.317 e. The summed E-state index contributed by atoms with van der Waals surface area (Å²) in [5.74, 6) is -1.58. The van der Waals surface area contributed by atoms with E-state index in [0.717, 1.165) is 0 Å². The van der Waals surface area contributed by atoms with E-state index in [-0.39, 0.29) is 29.1 Å². The Balaban J connectivity index is -0.000000180. The van der Waals surface area contributed by atoms with Gasteiger partial charge in [0.2, 0.25) is 0 Å². The van der Waals surface area contributed by atoms with E-state index in [2.05, 4.69) is 31.9 Å². The van der Waals surface area contributed by atoms with Crippen LogP contribution in [0.15, 0.2) is 0 Å². The average Bonchev–Trinajstić information content (AvgIpc) is 2.15. The van der Waals surface area contributed by atoms with Gasteiger partial charge in [0.05, 0.1) is 0 Å². The van der Waals surface area contributed by atoms with Crippen LogP contribution in [-0.4, -0.2) is 31.8 Å². The van der Waals surface area contributed by atoms with Gasteiger partial charge in [0.15, 0.2) is 0 Å². The van der Waals surface area contributed by atoms with E-state index in [0.29, 0.717) is 12.8 Å². The molecule has 0 amide bonds. The molecule has 0 aromatic rings. The van der Waals surface area contributed by atoms with Crippen molar-refractivity contribution in [3.05, 3.63) is 0 Å². The molecule has 0 fully saturated rings. The van der Waals surface area contributed by atoms with E-state index in [4.69, 9.17) is 10.2 Å². The smallest absolute Gasteiger partial charge is 0.317 e. The molecule has 0 aliphatic heterocycles. The monoisotopic (exact) mass is 396 g/mol. The molecule has 0 bridgehead atoms. The average molecular weight is 399 g/mol. The first-order valence-corrected chi connectivity index (χ1v) is 5.93. The summed E-state index contributed by atoms with van der Waals surface area (Å²) in [4.78, 5) is 19.0. The predicted octanol–water partition coefficient (Wildman–Crippen LogP) is 2.49. The number of halogens is 2. The predicted molar refractivity (Wildman–Crippen MR) is 61.3 cm³/mol. The minimum Gasteiger partial charge on any atom is -0.480 e. The van der Waals surface area contributed by atoms with Crippen LogP contribution in [0.4, 0.5) is 0 Å². The summed E-state index contributed by atoms with van der Waals surface area (Å²) in [5.41, 5.74) is 0. The zero-order chi connectivity index (χ0) is 11.7. The van der Waals surface area contributed by atoms with Crippen LogP contribution in [0.2, 0.25) is 0 Å². The van der Waals surface area contributed by atoms with Crippen molar-refractivity contribution in [2.24, 2.45) is 0 Å². The molecule has 0 aromatic heterocycles. The van der Waals surface area contributed by atoms with E-state index in [1.165, 1.54) is 0 Å². The molecule has 0 aromatic carbocycles. The van der Waals surface area contributed by atoms with Crippen LogP contribution >= 0.6 is 31.9 Å². The van der Waals surface area contributed by atoms with Crippen LogP contribution in [0.1, 0.15) is 26.7 Å². The first-order chi connectivity index (χ1) is 6.36. The van der Waals surface area contributed by atoms with Crippen molar-refractivity contribution in [3.63, 3.8) is 0 Å². The largest absolute Gasteiger partial charge is 0.480 e. The van der Waals surface area contributed by atoms with E-state index in [1.54, 1.807) is 0 Å². The quantitative estimate of drug-likeness (QED) is 0.563. The Kier molecular flexibility index (Phi) is 17.5. The molecule has 2 atom stereocenters. The molecule has 0 aliphatic carbocycles. The molecule has 0 aliphatic rings. The van der Waals surface area contributed by atoms with Gasteiger partial charge in [-0.3, -0.25) is 9.59 Å². The van der Waals surface area contributed by atoms with Gasteiger partial charge in [0, 0.05) is 19.5 Å². The van der Waals surface area contributed by atoms with Crippen LogP contribution < -0.4 is 0 Å². The third kappa shape index (κ3) is 14.5. The normalized spacial score (nSPS) is 12.5. The van der Waals surface area contributed by atoms with Crippen molar-refractivity contribution < 1.29 is 39.3 Å². The molecule has 2 unspecified atom stereocenters. The molecule has 0 saturated heterocycles. The number of hydrogen-bond acceptors (Lipinski definition) is 2. The third-order valence-corrected chi connectivity index (χ3v) is 3.33. The van der Waals surface area contributed by atoms with E-state index in [9.17, 15) is 9.59 Å². The first-order valence-electron chi connectivity index (χ1n) is 4.10. The molecule has 4 nitrogen and oxygen atoms in total. The molecule has 15 heavy (non-hydrogen) atoms. The summed E-state index contributed by atoms with van der Waals surface area (Å²) in [6.07, 6.45) is 1.27. The summed E-state index contributed by atoms with van der Waals surface area (Å²) in [6, 6.07) is 0. The number of carboxylic acid groups (broad SMARTS) is 2. The van der Waals surface area contributed by atoms with Gasteiger partial charge in [-0.15, -0.1) is 0 Å². The van der Waals surface area contributed by atoms with Crippen molar-refractivity contribution in [1.82, 2.24) is 0 Å². The fraction of sp³-hybridized carbons (Fsp3) is 0.750. The second-order valence-electron chi connectivity index (χ2n) is 2.43. The van der Waals surface area contributed by atoms with Crippen LogP contribution in [0.25, 0.3) is 0 Å². The van der Waals surface area contributed by atoms with Crippen molar-refractivity contribution in [1.29, 1.82) is 0 Å². The van der Waals surface area contributed by atoms with Gasteiger partial charge in [0.1, 0.15) is 9.65 Å². The zero-order valence-electron chi connectivity index (χ0n) is 8.74. The Morgan fingerprint density at radius 3 is 1.20 bits per heavy atom. The molecule has 0 radical (unpaired) electrons. The van der Waals surface area contributed by atoms with Crippen LogP contribution in [0.3, 0.4) is 0 Å². The Morgan fingerprint density at radius 2 is 1.20 bits per heavy atom. The molecule has 0 saturated carbocycles. The zero-order valence-corrected chi connectivity index (χ0v) is 14.9. The number of aliphatic carboxylic acids is 2. The van der Waals surface area contributed by atoms with Gasteiger partial charge in [-0.25, -0.2) is 0 Å². The number of rotatable bonds is 4. The SMILES string of the molecule is CCC(Br)C(=O)O.CCC(Br)C(=O)O.[Zn]. The van der Waals surface area contributed by atoms with Crippen LogP contribution in [0.5, 0.6) is 0 Å². The van der Waals surface area contributed by atoms with Gasteiger partial charge in [-0.1, -0.05) is 45.7 Å². The minimum atomic E-state index is -0.789. The van der Waals surface area contributed by atoms with Crippen molar-refractivity contribution in [3.8, 4) is 0 Å². The van der Waals surface area contributed by atoms with Gasteiger partial charge >= 0.3 is 11.9 Å². The van der Waals surface area contributed by atoms with Crippen LogP contribution in [-0.2, 0) is 29.1 Å². The third-order valence-electron chi connectivity index (χ3n) is 1.25. The van der Waals surface area contributed by atoms with E-state index >= 15 is 0 Å². The van der Waals surface area contributed by atoms with Gasteiger partial charge in [-0.2, -0.15) is 0 Å². The summed E-state index contributed by atoms with van der Waals surface area (Å²) in [6.45, 7) is 3.63. The topological polar surface area (TPSA) is 74.6 Å². The second kappa shape index (κ2) is 12.6. The Hall–Kier alpha value is 0.523. The van der Waals surface area contributed by atoms with Crippen molar-refractivity contribution >= 4 is 43.8 Å². The standard InChI is InChI=1S/2C4H7BrO2.Zn/c2*1-2-3(5)4(6)7;/h2*3H,2H2,1H3,(H,6,7);. The molecule has 0 rings (SSSR count). The maximum atomic E-state index is 9.88. The number of alkyl halides is 2. The van der Waals surface area contributed by atoms with Crippen molar-refractivity contribution in [2.75, 3.05) is 0 Å². The molecule has 0 spiro atoms. The van der Waals surface area contributed by atoms with Crippen molar-refractivity contribution in [2.45, 2.75) is 36.3 Å². The molecular weight excluding hydrogens is 385 g/mol. The summed E-state index contributed by atoms with van der Waals surface area (Å²) in [7, 11) is 0. The molecular formula is C8H14Br2O4Zn. The molecule has 7 heteroatoms. The Labute approximate surface area is 119 Å². The summed E-state index contributed by atoms with van der Waals surface area (Å²) >= 11 is 5.88. The molecule has 2 N–H and O–H groups in total. The maximum absolute atomic E-state index is 9.88. The van der Waals surface area contributed by atoms with Gasteiger partial charge in [0.25, 0.3) is 0 Å². The fourth-order valence-corrected chi connectivity index (χ4v) is 0.349. The summed E-state index contributed by atoms with van der Waals surface area (Å²) in [5, 5.41) is 16.3.